The summed E-state index contributed by atoms with van der Waals surface area (Å²) in [5.74, 6) is 3.81. The maximum atomic E-state index is 5.64. The van der Waals surface area contributed by atoms with Crippen molar-refractivity contribution in [1.82, 2.24) is 15.3 Å². The highest BCUT2D eigenvalue weighted by molar-refractivity contribution is 7.80. The minimum atomic E-state index is 0.569. The van der Waals surface area contributed by atoms with Crippen LogP contribution in [0.4, 0.5) is 23.3 Å². The first-order chi connectivity index (χ1) is 19.0. The van der Waals surface area contributed by atoms with Gasteiger partial charge in [0.2, 0.25) is 5.95 Å². The molecule has 2 N–H and O–H groups in total. The maximum Gasteiger partial charge on any atom is 0.232 e. The van der Waals surface area contributed by atoms with E-state index < -0.39 is 0 Å². The maximum absolute atomic E-state index is 5.64. The second-order valence-corrected chi connectivity index (χ2v) is 11.4. The van der Waals surface area contributed by atoms with Gasteiger partial charge in [-0.1, -0.05) is 62.4 Å². The number of aromatic nitrogens is 2. The molecule has 39 heavy (non-hydrogen) atoms. The number of piperazine rings is 1. The van der Waals surface area contributed by atoms with E-state index in [2.05, 4.69) is 106 Å². The van der Waals surface area contributed by atoms with Crippen LogP contribution in [0.5, 0.6) is 0 Å². The van der Waals surface area contributed by atoms with Crippen molar-refractivity contribution in [2.75, 3.05) is 65.8 Å². The van der Waals surface area contributed by atoms with E-state index >= 15 is 0 Å². The Labute approximate surface area is 238 Å². The molecule has 8 heteroatoms. The number of anilines is 4. The van der Waals surface area contributed by atoms with E-state index in [0.717, 1.165) is 70.3 Å². The predicted molar refractivity (Wildman–Crippen MR) is 167 cm³/mol. The number of nitrogens with one attached hydrogen (secondary N) is 2. The van der Waals surface area contributed by atoms with E-state index in [1.807, 2.05) is 0 Å². The molecule has 206 valence electrons. The zero-order valence-corrected chi connectivity index (χ0v) is 24.0. The molecule has 0 bridgehead atoms. The molecule has 3 aromatic rings. The molecule has 0 radical (unpaired) electrons. The van der Waals surface area contributed by atoms with Gasteiger partial charge in [0.25, 0.3) is 0 Å². The molecular weight excluding hydrogens is 502 g/mol. The van der Waals surface area contributed by atoms with E-state index in [-0.39, 0.29) is 0 Å². The minimum Gasteiger partial charge on any atom is -0.368 e. The van der Waals surface area contributed by atoms with Crippen LogP contribution in [-0.2, 0) is 6.42 Å². The molecule has 0 saturated carbocycles. The number of thiocarbonyl (C=S) groups is 1. The molecule has 3 heterocycles. The summed E-state index contributed by atoms with van der Waals surface area (Å²) in [6.07, 6.45) is 3.29. The van der Waals surface area contributed by atoms with Crippen molar-refractivity contribution in [3.8, 4) is 0 Å². The number of hydrogen-bond acceptors (Lipinski definition) is 6. The highest BCUT2D eigenvalue weighted by Crippen LogP contribution is 2.29. The van der Waals surface area contributed by atoms with Crippen molar-refractivity contribution in [2.45, 2.75) is 33.1 Å². The molecule has 2 saturated heterocycles. The fourth-order valence-corrected chi connectivity index (χ4v) is 5.96. The fraction of sp³-hybridized carbons (Fsp3) is 0.452. The lowest BCUT2D eigenvalue weighted by Gasteiger charge is -2.38. The van der Waals surface area contributed by atoms with Crippen LogP contribution in [-0.4, -0.2) is 60.9 Å². The Kier molecular flexibility index (Phi) is 9.14. The van der Waals surface area contributed by atoms with Gasteiger partial charge in [-0.2, -0.15) is 9.97 Å². The molecule has 0 aliphatic carbocycles. The number of hydrogen-bond donors (Lipinski definition) is 2. The third-order valence-electron chi connectivity index (χ3n) is 7.61. The van der Waals surface area contributed by atoms with Crippen LogP contribution in [0.15, 0.2) is 66.7 Å². The average molecular weight is 544 g/mol. The van der Waals surface area contributed by atoms with Gasteiger partial charge in [0.05, 0.1) is 0 Å². The van der Waals surface area contributed by atoms with Gasteiger partial charge in [0.15, 0.2) is 5.11 Å². The summed E-state index contributed by atoms with van der Waals surface area (Å²) in [6.45, 7) is 11.3. The summed E-state index contributed by atoms with van der Waals surface area (Å²) in [7, 11) is 0. The van der Waals surface area contributed by atoms with E-state index in [9.17, 15) is 0 Å². The molecule has 2 aliphatic rings. The van der Waals surface area contributed by atoms with Gasteiger partial charge in [-0.15, -0.1) is 0 Å². The monoisotopic (exact) mass is 543 g/mol. The average Bonchev–Trinajstić information content (AvgIpc) is 2.96. The lowest BCUT2D eigenvalue weighted by molar-refractivity contribution is 0.355. The molecule has 0 unspecified atom stereocenters. The summed E-state index contributed by atoms with van der Waals surface area (Å²) in [6, 6.07) is 23.4. The zero-order valence-electron chi connectivity index (χ0n) is 23.2. The van der Waals surface area contributed by atoms with Crippen LogP contribution in [0.3, 0.4) is 0 Å². The van der Waals surface area contributed by atoms with Crippen molar-refractivity contribution in [3.63, 3.8) is 0 Å². The zero-order chi connectivity index (χ0) is 27.0. The first-order valence-electron chi connectivity index (χ1n) is 14.3. The number of nitrogens with zero attached hydrogens (tertiary/aromatic N) is 5. The Hall–Kier alpha value is -3.39. The normalized spacial score (nSPS) is 19.6. The van der Waals surface area contributed by atoms with Crippen molar-refractivity contribution < 1.29 is 0 Å². The van der Waals surface area contributed by atoms with Gasteiger partial charge < -0.3 is 25.3 Å². The Balaban J connectivity index is 1.25. The molecular formula is C31H41N7S. The number of piperidine rings is 1. The number of aryl methyl sites for hydroxylation is 1. The van der Waals surface area contributed by atoms with Gasteiger partial charge >= 0.3 is 0 Å². The lowest BCUT2D eigenvalue weighted by Crippen LogP contribution is -2.47. The first kappa shape index (κ1) is 27.2. The summed E-state index contributed by atoms with van der Waals surface area (Å²) < 4.78 is 0. The second kappa shape index (κ2) is 13.1. The summed E-state index contributed by atoms with van der Waals surface area (Å²) in [5.41, 5.74) is 2.62. The predicted octanol–water partition coefficient (Wildman–Crippen LogP) is 5.20. The Bertz CT molecular complexity index is 1190. The van der Waals surface area contributed by atoms with Crippen LogP contribution < -0.4 is 25.3 Å². The Morgan fingerprint density at radius 3 is 2.08 bits per heavy atom. The molecule has 0 spiro atoms. The van der Waals surface area contributed by atoms with E-state index in [0.29, 0.717) is 22.9 Å². The van der Waals surface area contributed by atoms with Crippen LogP contribution in [0, 0.1) is 11.8 Å². The SMILES string of the molecule is C[C@@H]1C[C@@H](C)CN(c2cc(N3CCN(c4ccccc4)CC3)nc(NC(=S)NCCCc3ccccc3)n2)C1. The summed E-state index contributed by atoms with van der Waals surface area (Å²) in [5, 5.41) is 7.20. The largest absolute Gasteiger partial charge is 0.368 e. The third-order valence-corrected chi connectivity index (χ3v) is 7.86. The highest BCUT2D eigenvalue weighted by atomic mass is 32.1. The van der Waals surface area contributed by atoms with Crippen LogP contribution in [0.2, 0.25) is 0 Å². The molecule has 2 atom stereocenters. The third kappa shape index (κ3) is 7.60. The van der Waals surface area contributed by atoms with Crippen LogP contribution in [0.25, 0.3) is 0 Å². The molecule has 0 amide bonds. The quantitative estimate of drug-likeness (QED) is 0.297. The number of benzene rings is 2. The van der Waals surface area contributed by atoms with E-state index in [1.54, 1.807) is 0 Å². The summed E-state index contributed by atoms with van der Waals surface area (Å²) in [4.78, 5) is 17.1. The van der Waals surface area contributed by atoms with E-state index in [1.165, 1.54) is 17.7 Å². The van der Waals surface area contributed by atoms with Gasteiger partial charge in [0.1, 0.15) is 11.6 Å². The van der Waals surface area contributed by atoms with Crippen molar-refractivity contribution in [3.05, 3.63) is 72.3 Å². The minimum absolute atomic E-state index is 0.569. The van der Waals surface area contributed by atoms with Gasteiger partial charge in [-0.25, -0.2) is 0 Å². The molecule has 2 aliphatic heterocycles. The van der Waals surface area contributed by atoms with E-state index in [4.69, 9.17) is 22.2 Å². The highest BCUT2D eigenvalue weighted by Gasteiger charge is 2.25. The topological polar surface area (TPSA) is 59.6 Å². The molecule has 7 nitrogen and oxygen atoms in total. The van der Waals surface area contributed by atoms with Gasteiger partial charge in [0, 0.05) is 57.6 Å². The van der Waals surface area contributed by atoms with Crippen molar-refractivity contribution in [2.24, 2.45) is 11.8 Å². The number of rotatable bonds is 8. The Morgan fingerprint density at radius 2 is 1.41 bits per heavy atom. The molecule has 5 rings (SSSR count). The molecule has 1 aromatic heterocycles. The smallest absolute Gasteiger partial charge is 0.232 e. The first-order valence-corrected chi connectivity index (χ1v) is 14.7. The summed E-state index contributed by atoms with van der Waals surface area (Å²) >= 11 is 5.64. The Morgan fingerprint density at radius 1 is 0.821 bits per heavy atom. The van der Waals surface area contributed by atoms with Crippen molar-refractivity contribution in [1.29, 1.82) is 0 Å². The molecule has 2 fully saturated rings. The second-order valence-electron chi connectivity index (χ2n) is 11.0. The van der Waals surface area contributed by atoms with Crippen molar-refractivity contribution >= 4 is 40.6 Å². The standard InChI is InChI=1S/C31H41N7S/c1-24-20-25(2)23-38(22-24)29-21-28(37-18-16-36(17-19-37)27-13-7-4-8-14-27)33-30(34-29)35-31(39)32-15-9-12-26-10-5-3-6-11-26/h3-8,10-11,13-14,21,24-25H,9,12,15-20,22-23H2,1-2H3,(H2,32,33,34,35,39)/t24-,25-/m1/s1. The van der Waals surface area contributed by atoms with Gasteiger partial charge in [-0.05, 0) is 61.0 Å². The lowest BCUT2D eigenvalue weighted by atomic mass is 9.92. The fourth-order valence-electron chi connectivity index (χ4n) is 5.77. The van der Waals surface area contributed by atoms with Crippen LogP contribution in [0.1, 0.15) is 32.3 Å². The molecule has 2 aromatic carbocycles. The number of para-hydroxylation sites is 1. The van der Waals surface area contributed by atoms with Crippen LogP contribution >= 0.6 is 12.2 Å². The van der Waals surface area contributed by atoms with Gasteiger partial charge in [-0.3, -0.25) is 0 Å².